The molecule has 0 radical (unpaired) electrons. The van der Waals surface area contributed by atoms with E-state index < -0.39 is 18.1 Å². The predicted octanol–water partition coefficient (Wildman–Crippen LogP) is 4.07. The van der Waals surface area contributed by atoms with Crippen molar-refractivity contribution in [2.45, 2.75) is 44.8 Å². The van der Waals surface area contributed by atoms with Crippen LogP contribution in [0, 0.1) is 0 Å². The second kappa shape index (κ2) is 10.4. The highest BCUT2D eigenvalue weighted by atomic mass is 19.4. The van der Waals surface area contributed by atoms with Crippen LogP contribution in [0.4, 0.5) is 13.2 Å². The van der Waals surface area contributed by atoms with E-state index in [0.717, 1.165) is 17.7 Å². The van der Waals surface area contributed by atoms with Crippen LogP contribution < -0.4 is 5.32 Å². The lowest BCUT2D eigenvalue weighted by Crippen LogP contribution is -2.29. The minimum Gasteiger partial charge on any atom is -0.381 e. The zero-order valence-corrected chi connectivity index (χ0v) is 19.1. The van der Waals surface area contributed by atoms with Crippen molar-refractivity contribution in [3.05, 3.63) is 71.2 Å². The van der Waals surface area contributed by atoms with Crippen molar-refractivity contribution in [1.29, 1.82) is 0 Å². The fraction of sp³-hybridized carbons (Fsp3) is 0.360. The minimum atomic E-state index is -5.27. The molecule has 1 N–H and O–H groups in total. The Morgan fingerprint density at radius 3 is 2.69 bits per heavy atom. The molecule has 1 aromatic carbocycles. The van der Waals surface area contributed by atoms with Gasteiger partial charge in [-0.3, -0.25) is 9.67 Å². The average Bonchev–Trinajstić information content (AvgIpc) is 3.22. The first-order valence-electron chi connectivity index (χ1n) is 11.4. The molecule has 0 saturated carbocycles. The number of pyridine rings is 1. The molecule has 1 unspecified atom stereocenters. The van der Waals surface area contributed by atoms with Gasteiger partial charge < -0.3 is 10.1 Å². The summed E-state index contributed by atoms with van der Waals surface area (Å²) in [6, 6.07) is 11.8. The number of nitrogens with one attached hydrogen (secondary N) is 1. The first kappa shape index (κ1) is 24.6. The molecule has 0 fully saturated rings. The Morgan fingerprint density at radius 2 is 1.94 bits per heavy atom. The maximum absolute atomic E-state index is 12.7. The lowest BCUT2D eigenvalue weighted by molar-refractivity contribution is -0.193. The Kier molecular flexibility index (Phi) is 7.30. The lowest BCUT2D eigenvalue weighted by Gasteiger charge is -2.15. The Morgan fingerprint density at radius 1 is 1.17 bits per heavy atom. The van der Waals surface area contributed by atoms with Gasteiger partial charge in [-0.05, 0) is 48.9 Å². The maximum atomic E-state index is 12.7. The molecule has 2 aromatic heterocycles. The summed E-state index contributed by atoms with van der Waals surface area (Å²) in [4.78, 5) is 28.1. The van der Waals surface area contributed by atoms with Crippen molar-refractivity contribution in [2.75, 3.05) is 13.1 Å². The molecule has 0 amide bonds. The van der Waals surface area contributed by atoms with Gasteiger partial charge in [-0.1, -0.05) is 37.3 Å². The molecule has 35 heavy (non-hydrogen) atoms. The number of nitrogens with zero attached hydrogens (tertiary/aromatic N) is 3. The molecule has 3 aromatic rings. The van der Waals surface area contributed by atoms with Crippen LogP contribution in [0.2, 0.25) is 0 Å². The second-order valence-corrected chi connectivity index (χ2v) is 8.48. The number of hydrogen-bond donors (Lipinski definition) is 1. The van der Waals surface area contributed by atoms with E-state index in [9.17, 15) is 22.8 Å². The predicted molar refractivity (Wildman–Crippen MR) is 122 cm³/mol. The molecule has 7 nitrogen and oxygen atoms in total. The molecule has 1 atom stereocenters. The first-order valence-corrected chi connectivity index (χ1v) is 11.4. The Labute approximate surface area is 200 Å². The molecule has 184 valence electrons. The highest BCUT2D eigenvalue weighted by molar-refractivity contribution is 5.99. The quantitative estimate of drug-likeness (QED) is 0.294. The van der Waals surface area contributed by atoms with Gasteiger partial charge in [0.2, 0.25) is 0 Å². The summed E-state index contributed by atoms with van der Waals surface area (Å²) in [6.07, 6.45) is -0.465. The van der Waals surface area contributed by atoms with Crippen LogP contribution >= 0.6 is 0 Å². The normalized spacial score (nSPS) is 13.6. The van der Waals surface area contributed by atoms with Crippen molar-refractivity contribution in [3.8, 4) is 11.3 Å². The summed E-state index contributed by atoms with van der Waals surface area (Å²) in [5.41, 5.74) is 3.79. The zero-order valence-electron chi connectivity index (χ0n) is 19.1. The third kappa shape index (κ3) is 5.59. The van der Waals surface area contributed by atoms with Gasteiger partial charge in [0.25, 0.3) is 0 Å². The maximum Gasteiger partial charge on any atom is 0.491 e. The molecule has 0 bridgehead atoms. The summed E-state index contributed by atoms with van der Waals surface area (Å²) in [5, 5.41) is 7.89. The van der Waals surface area contributed by atoms with E-state index in [0.29, 0.717) is 43.0 Å². The van der Waals surface area contributed by atoms with Crippen LogP contribution in [-0.2, 0) is 28.9 Å². The molecular weight excluding hydrogens is 461 g/mol. The van der Waals surface area contributed by atoms with E-state index in [1.165, 1.54) is 10.2 Å². The molecular formula is C25H25F3N4O3. The molecule has 0 aliphatic heterocycles. The van der Waals surface area contributed by atoms with Crippen LogP contribution in [0.15, 0.2) is 48.8 Å². The number of aryl methyl sites for hydroxylation is 2. The molecule has 10 heteroatoms. The number of hydrogen-bond acceptors (Lipinski definition) is 6. The summed E-state index contributed by atoms with van der Waals surface area (Å²) in [6.45, 7) is 3.74. The molecule has 1 aliphatic rings. The standard InChI is InChI=1S/C25H25F3N4O3/c1-16(17-6-3-2-4-7-17)14-29-11-5-13-32-22(23(33)35-24(34)25(26,27)28)20-9-8-18-15-30-12-10-19(18)21(20)31-32/h2-4,6-7,10,12,15-16,29H,5,8-9,11,13-14H2,1H3. The highest BCUT2D eigenvalue weighted by Gasteiger charge is 2.43. The molecule has 4 rings (SSSR count). The third-order valence-electron chi connectivity index (χ3n) is 6.01. The highest BCUT2D eigenvalue weighted by Crippen LogP contribution is 2.34. The Balaban J connectivity index is 1.48. The van der Waals surface area contributed by atoms with Crippen LogP contribution in [-0.4, -0.2) is 46.0 Å². The number of aromatic nitrogens is 3. The van der Waals surface area contributed by atoms with Crippen LogP contribution in [0.3, 0.4) is 0 Å². The van der Waals surface area contributed by atoms with E-state index >= 15 is 0 Å². The number of carbonyl (C=O) groups is 2. The minimum absolute atomic E-state index is 0.113. The largest absolute Gasteiger partial charge is 0.491 e. The molecule has 0 spiro atoms. The number of rotatable bonds is 8. The number of carbonyl (C=O) groups excluding carboxylic acids is 2. The van der Waals surface area contributed by atoms with Gasteiger partial charge in [0.15, 0.2) is 5.69 Å². The molecule has 1 aliphatic carbocycles. The lowest BCUT2D eigenvalue weighted by atomic mass is 9.90. The Hall–Kier alpha value is -3.53. The Bertz CT molecular complexity index is 1210. The summed E-state index contributed by atoms with van der Waals surface area (Å²) in [5.74, 6) is -3.58. The fourth-order valence-electron chi connectivity index (χ4n) is 4.22. The van der Waals surface area contributed by atoms with Gasteiger partial charge in [-0.2, -0.15) is 18.3 Å². The summed E-state index contributed by atoms with van der Waals surface area (Å²) >= 11 is 0. The average molecular weight is 486 g/mol. The number of ether oxygens (including phenoxy) is 1. The SMILES string of the molecule is CC(CNCCCn1nc2c(c1C(=O)OC(=O)C(F)(F)F)CCc1cnccc1-2)c1ccccc1. The monoisotopic (exact) mass is 486 g/mol. The van der Waals surface area contributed by atoms with Gasteiger partial charge in [-0.15, -0.1) is 0 Å². The van der Waals surface area contributed by atoms with Crippen LogP contribution in [0.5, 0.6) is 0 Å². The van der Waals surface area contributed by atoms with Gasteiger partial charge >= 0.3 is 18.1 Å². The van der Waals surface area contributed by atoms with Gasteiger partial charge in [0.1, 0.15) is 0 Å². The number of fused-ring (bicyclic) bond motifs is 3. The van der Waals surface area contributed by atoms with E-state index in [4.69, 9.17) is 0 Å². The van der Waals surface area contributed by atoms with Crippen molar-refractivity contribution in [2.24, 2.45) is 0 Å². The van der Waals surface area contributed by atoms with Crippen molar-refractivity contribution in [1.82, 2.24) is 20.1 Å². The number of halogens is 3. The fourth-order valence-corrected chi connectivity index (χ4v) is 4.22. The van der Waals surface area contributed by atoms with Gasteiger partial charge in [0, 0.05) is 36.6 Å². The summed E-state index contributed by atoms with van der Waals surface area (Å²) in [7, 11) is 0. The third-order valence-corrected chi connectivity index (χ3v) is 6.01. The van der Waals surface area contributed by atoms with Crippen molar-refractivity contribution >= 4 is 11.9 Å². The summed E-state index contributed by atoms with van der Waals surface area (Å²) < 4.78 is 43.6. The number of esters is 2. The zero-order chi connectivity index (χ0) is 25.0. The molecule has 2 heterocycles. The van der Waals surface area contributed by atoms with E-state index in [1.807, 2.05) is 18.2 Å². The van der Waals surface area contributed by atoms with E-state index in [1.54, 1.807) is 18.5 Å². The van der Waals surface area contributed by atoms with E-state index in [-0.39, 0.29) is 12.2 Å². The smallest absolute Gasteiger partial charge is 0.381 e. The number of benzene rings is 1. The van der Waals surface area contributed by atoms with Gasteiger partial charge in [-0.25, -0.2) is 9.59 Å². The van der Waals surface area contributed by atoms with E-state index in [2.05, 4.69) is 39.2 Å². The topological polar surface area (TPSA) is 86.1 Å². The van der Waals surface area contributed by atoms with Gasteiger partial charge in [0.05, 0.1) is 5.69 Å². The first-order chi connectivity index (χ1) is 16.8. The van der Waals surface area contributed by atoms with Crippen LogP contribution in [0.1, 0.15) is 46.4 Å². The molecule has 0 saturated heterocycles. The number of alkyl halides is 3. The van der Waals surface area contributed by atoms with Crippen LogP contribution in [0.25, 0.3) is 11.3 Å². The van der Waals surface area contributed by atoms with Crippen molar-refractivity contribution in [3.63, 3.8) is 0 Å². The van der Waals surface area contributed by atoms with Crippen molar-refractivity contribution < 1.29 is 27.5 Å². The second-order valence-electron chi connectivity index (χ2n) is 8.48.